The Bertz CT molecular complexity index is 1080. The molecule has 6 nitrogen and oxygen atoms in total. The molecule has 0 bridgehead atoms. The molecule has 1 aromatic heterocycles. The molecule has 2 heterocycles. The average molecular weight is 339 g/mol. The Kier molecular flexibility index (Phi) is 3.07. The number of nitrogens with one attached hydrogen (secondary N) is 1. The molecule has 1 amide bonds. The van der Waals surface area contributed by atoms with Gasteiger partial charge in [0.2, 0.25) is 0 Å². The van der Waals surface area contributed by atoms with Crippen molar-refractivity contribution >= 4 is 38.1 Å². The first-order valence-electron chi connectivity index (χ1n) is 7.26. The van der Waals surface area contributed by atoms with Gasteiger partial charge in [0.1, 0.15) is 0 Å². The van der Waals surface area contributed by atoms with E-state index in [0.29, 0.717) is 27.7 Å². The van der Waals surface area contributed by atoms with E-state index in [1.165, 1.54) is 23.4 Å². The highest BCUT2D eigenvalue weighted by Gasteiger charge is 2.30. The molecule has 1 aliphatic rings. The first-order valence-corrected chi connectivity index (χ1v) is 8.74. The van der Waals surface area contributed by atoms with Gasteiger partial charge in [0.05, 0.1) is 16.3 Å². The lowest BCUT2D eigenvalue weighted by atomic mass is 10.1. The molecule has 2 aromatic carbocycles. The second kappa shape index (κ2) is 5.04. The van der Waals surface area contributed by atoms with Crippen LogP contribution >= 0.6 is 0 Å². The molecule has 0 spiro atoms. The third-order valence-corrected chi connectivity index (χ3v) is 5.54. The van der Waals surface area contributed by atoms with Gasteiger partial charge in [0.25, 0.3) is 15.9 Å². The molecule has 0 radical (unpaired) electrons. The van der Waals surface area contributed by atoms with Crippen LogP contribution in [0.2, 0.25) is 0 Å². The summed E-state index contributed by atoms with van der Waals surface area (Å²) >= 11 is 0. The highest BCUT2D eigenvalue weighted by molar-refractivity contribution is 7.93. The van der Waals surface area contributed by atoms with E-state index in [2.05, 4.69) is 9.71 Å². The van der Waals surface area contributed by atoms with Gasteiger partial charge in [-0.2, -0.15) is 0 Å². The minimum Gasteiger partial charge on any atom is -0.311 e. The van der Waals surface area contributed by atoms with Crippen LogP contribution in [0.25, 0.3) is 10.8 Å². The number of nitrogens with zero attached hydrogens (tertiary/aromatic N) is 2. The van der Waals surface area contributed by atoms with E-state index < -0.39 is 10.0 Å². The maximum Gasteiger partial charge on any atom is 0.262 e. The van der Waals surface area contributed by atoms with Crippen LogP contribution in [-0.2, 0) is 10.0 Å². The van der Waals surface area contributed by atoms with Crippen LogP contribution in [0.3, 0.4) is 0 Å². The Labute approximate surface area is 138 Å². The molecule has 1 aliphatic heterocycles. The Hall–Kier alpha value is -2.93. The zero-order valence-corrected chi connectivity index (χ0v) is 13.5. The largest absolute Gasteiger partial charge is 0.311 e. The number of anilines is 2. The molecule has 7 heteroatoms. The van der Waals surface area contributed by atoms with Gasteiger partial charge in [0.15, 0.2) is 0 Å². The van der Waals surface area contributed by atoms with Crippen LogP contribution in [0.15, 0.2) is 59.8 Å². The number of benzene rings is 2. The highest BCUT2D eigenvalue weighted by Crippen LogP contribution is 2.39. The fourth-order valence-corrected chi connectivity index (χ4v) is 4.24. The van der Waals surface area contributed by atoms with Gasteiger partial charge in [-0.1, -0.05) is 12.1 Å². The van der Waals surface area contributed by atoms with Gasteiger partial charge in [-0.05, 0) is 30.3 Å². The Morgan fingerprint density at radius 1 is 1.04 bits per heavy atom. The monoisotopic (exact) mass is 339 g/mol. The van der Waals surface area contributed by atoms with Crippen LogP contribution in [0, 0.1) is 0 Å². The molecule has 0 unspecified atom stereocenters. The van der Waals surface area contributed by atoms with E-state index in [9.17, 15) is 13.2 Å². The second-order valence-electron chi connectivity index (χ2n) is 5.52. The smallest absolute Gasteiger partial charge is 0.262 e. The SMILES string of the molecule is CN1C(=O)c2cccc3c(S(=O)(=O)Nc4ccncc4)ccc1c23. The molecular formula is C17H13N3O3S. The molecule has 4 rings (SSSR count). The van der Waals surface area contributed by atoms with Crippen LogP contribution < -0.4 is 9.62 Å². The molecule has 0 saturated heterocycles. The second-order valence-corrected chi connectivity index (χ2v) is 7.17. The van der Waals surface area contributed by atoms with Crippen molar-refractivity contribution in [1.82, 2.24) is 4.98 Å². The molecule has 0 atom stereocenters. The van der Waals surface area contributed by atoms with Crippen LogP contribution in [-0.4, -0.2) is 26.4 Å². The minimum absolute atomic E-state index is 0.132. The summed E-state index contributed by atoms with van der Waals surface area (Å²) in [7, 11) is -2.11. The Balaban J connectivity index is 1.92. The summed E-state index contributed by atoms with van der Waals surface area (Å²) in [5.74, 6) is -0.132. The number of carbonyl (C=O) groups is 1. The summed E-state index contributed by atoms with van der Waals surface area (Å²) in [4.78, 5) is 17.8. The molecular weight excluding hydrogens is 326 g/mol. The number of amides is 1. The Morgan fingerprint density at radius 3 is 2.54 bits per heavy atom. The van der Waals surface area contributed by atoms with Gasteiger partial charge < -0.3 is 4.90 Å². The number of pyridine rings is 1. The molecule has 0 saturated carbocycles. The van der Waals surface area contributed by atoms with E-state index in [-0.39, 0.29) is 10.8 Å². The first kappa shape index (κ1) is 14.6. The molecule has 3 aromatic rings. The normalized spacial score (nSPS) is 13.5. The Morgan fingerprint density at radius 2 is 1.79 bits per heavy atom. The van der Waals surface area contributed by atoms with Crippen molar-refractivity contribution in [3.8, 4) is 0 Å². The topological polar surface area (TPSA) is 79.4 Å². The quantitative estimate of drug-likeness (QED) is 0.795. The van der Waals surface area contributed by atoms with Gasteiger partial charge in [-0.15, -0.1) is 0 Å². The van der Waals surface area contributed by atoms with Crippen LogP contribution in [0.5, 0.6) is 0 Å². The molecule has 0 fully saturated rings. The van der Waals surface area contributed by atoms with Crippen molar-refractivity contribution < 1.29 is 13.2 Å². The van der Waals surface area contributed by atoms with Crippen molar-refractivity contribution in [1.29, 1.82) is 0 Å². The lowest BCUT2D eigenvalue weighted by Crippen LogP contribution is -2.20. The van der Waals surface area contributed by atoms with Crippen molar-refractivity contribution in [3.05, 3.63) is 60.4 Å². The van der Waals surface area contributed by atoms with Gasteiger partial charge in [-0.3, -0.25) is 14.5 Å². The molecule has 0 aliphatic carbocycles. The van der Waals surface area contributed by atoms with Crippen molar-refractivity contribution in [3.63, 3.8) is 0 Å². The lowest BCUT2D eigenvalue weighted by molar-refractivity contribution is 0.0999. The van der Waals surface area contributed by atoms with Crippen molar-refractivity contribution in [2.75, 3.05) is 16.7 Å². The lowest BCUT2D eigenvalue weighted by Gasteiger charge is -2.13. The summed E-state index contributed by atoms with van der Waals surface area (Å²) in [5.41, 5.74) is 1.67. The predicted octanol–water partition coefficient (Wildman–Crippen LogP) is 2.63. The summed E-state index contributed by atoms with van der Waals surface area (Å²) in [6.45, 7) is 0. The van der Waals surface area contributed by atoms with Gasteiger partial charge >= 0.3 is 0 Å². The fourth-order valence-electron chi connectivity index (χ4n) is 2.97. The number of carbonyl (C=O) groups excluding carboxylic acids is 1. The predicted molar refractivity (Wildman–Crippen MR) is 91.7 cm³/mol. The fraction of sp³-hybridized carbons (Fsp3) is 0.0588. The zero-order chi connectivity index (χ0) is 16.9. The zero-order valence-electron chi connectivity index (χ0n) is 12.7. The number of hydrogen-bond donors (Lipinski definition) is 1. The minimum atomic E-state index is -3.79. The van der Waals surface area contributed by atoms with E-state index in [0.717, 1.165) is 0 Å². The van der Waals surface area contributed by atoms with Crippen LogP contribution in [0.4, 0.5) is 11.4 Å². The third-order valence-electron chi connectivity index (χ3n) is 4.10. The van der Waals surface area contributed by atoms with E-state index in [4.69, 9.17) is 0 Å². The summed E-state index contributed by atoms with van der Waals surface area (Å²) < 4.78 is 28.1. The van der Waals surface area contributed by atoms with Crippen molar-refractivity contribution in [2.45, 2.75) is 4.90 Å². The van der Waals surface area contributed by atoms with Gasteiger partial charge in [0, 0.05) is 35.8 Å². The number of hydrogen-bond acceptors (Lipinski definition) is 4. The number of sulfonamides is 1. The maximum absolute atomic E-state index is 12.8. The van der Waals surface area contributed by atoms with Crippen molar-refractivity contribution in [2.24, 2.45) is 0 Å². The summed E-state index contributed by atoms with van der Waals surface area (Å²) in [6, 6.07) is 11.5. The highest BCUT2D eigenvalue weighted by atomic mass is 32.2. The molecule has 1 N–H and O–H groups in total. The van der Waals surface area contributed by atoms with E-state index in [1.807, 2.05) is 0 Å². The van der Waals surface area contributed by atoms with Gasteiger partial charge in [-0.25, -0.2) is 8.42 Å². The van der Waals surface area contributed by atoms with Crippen LogP contribution in [0.1, 0.15) is 10.4 Å². The number of aromatic nitrogens is 1. The third kappa shape index (κ3) is 2.05. The van der Waals surface area contributed by atoms with E-state index >= 15 is 0 Å². The first-order chi connectivity index (χ1) is 11.5. The average Bonchev–Trinajstić information content (AvgIpc) is 2.82. The maximum atomic E-state index is 12.8. The summed E-state index contributed by atoms with van der Waals surface area (Å²) in [5, 5.41) is 1.20. The summed E-state index contributed by atoms with van der Waals surface area (Å²) in [6.07, 6.45) is 3.03. The molecule has 120 valence electrons. The van der Waals surface area contributed by atoms with E-state index in [1.54, 1.807) is 43.4 Å². The molecule has 24 heavy (non-hydrogen) atoms. The number of rotatable bonds is 3. The standard InChI is InChI=1S/C17H13N3O3S/c1-20-14-5-6-15(12-3-2-4-13(16(12)14)17(20)21)24(22,23)19-11-7-9-18-10-8-11/h2-10H,1H3,(H,18,19).